The number of nitrogens with one attached hydrogen (secondary N) is 1. The highest BCUT2D eigenvalue weighted by Gasteiger charge is 2.13. The van der Waals surface area contributed by atoms with Gasteiger partial charge < -0.3 is 5.32 Å². The Kier molecular flexibility index (Phi) is 4.70. The Balaban J connectivity index is 1.69. The van der Waals surface area contributed by atoms with Gasteiger partial charge in [-0.05, 0) is 24.7 Å². The summed E-state index contributed by atoms with van der Waals surface area (Å²) in [5.41, 5.74) is 0.786. The van der Waals surface area contributed by atoms with Crippen LogP contribution in [-0.4, -0.2) is 17.5 Å². The lowest BCUT2D eigenvalue weighted by Crippen LogP contribution is -2.26. The van der Waals surface area contributed by atoms with Gasteiger partial charge in [0.15, 0.2) is 0 Å². The highest BCUT2D eigenvalue weighted by molar-refractivity contribution is 7.99. The van der Waals surface area contributed by atoms with Crippen LogP contribution < -0.4 is 5.32 Å². The van der Waals surface area contributed by atoms with E-state index in [0.29, 0.717) is 0 Å². The molecular formula is C12H16N2S2. The van der Waals surface area contributed by atoms with Crippen LogP contribution in [-0.2, 0) is 6.54 Å². The Morgan fingerprint density at radius 3 is 3.12 bits per heavy atom. The molecule has 2 heterocycles. The predicted octanol–water partition coefficient (Wildman–Crippen LogP) is 3.00. The molecule has 4 heteroatoms. The van der Waals surface area contributed by atoms with Crippen molar-refractivity contribution in [1.82, 2.24) is 5.32 Å². The number of nitrogens with zero attached hydrogens (tertiary/aromatic N) is 1. The molecule has 0 saturated carbocycles. The molecule has 1 atom stereocenters. The van der Waals surface area contributed by atoms with E-state index in [0.717, 1.165) is 23.9 Å². The Labute approximate surface area is 105 Å². The van der Waals surface area contributed by atoms with Crippen molar-refractivity contribution < 1.29 is 0 Å². The average Bonchev–Trinajstić information content (AvgIpc) is 2.78. The van der Waals surface area contributed by atoms with Gasteiger partial charge in [0.2, 0.25) is 0 Å². The van der Waals surface area contributed by atoms with Crippen molar-refractivity contribution >= 4 is 23.1 Å². The Hall–Kier alpha value is -0.500. The molecule has 86 valence electrons. The van der Waals surface area contributed by atoms with Crippen LogP contribution in [0, 0.1) is 11.3 Å². The number of rotatable bonds is 4. The van der Waals surface area contributed by atoms with E-state index in [4.69, 9.17) is 5.26 Å². The van der Waals surface area contributed by atoms with Gasteiger partial charge in [-0.15, -0.1) is 11.3 Å². The summed E-state index contributed by atoms with van der Waals surface area (Å²) in [6.07, 6.45) is 4.13. The minimum atomic E-state index is 0.786. The molecule has 1 saturated heterocycles. The number of hydrogen-bond donors (Lipinski definition) is 1. The summed E-state index contributed by atoms with van der Waals surface area (Å²) < 4.78 is 0. The molecule has 1 aliphatic rings. The minimum absolute atomic E-state index is 0.786. The van der Waals surface area contributed by atoms with E-state index >= 15 is 0 Å². The quantitative estimate of drug-likeness (QED) is 0.895. The van der Waals surface area contributed by atoms with Crippen molar-refractivity contribution in [3.05, 3.63) is 21.9 Å². The average molecular weight is 252 g/mol. The van der Waals surface area contributed by atoms with Gasteiger partial charge in [0, 0.05) is 28.6 Å². The van der Waals surface area contributed by atoms with Crippen molar-refractivity contribution in [3.63, 3.8) is 0 Å². The fraction of sp³-hybridized carbons (Fsp3) is 0.583. The third-order valence-corrected chi connectivity index (χ3v) is 5.06. The fourth-order valence-corrected chi connectivity index (χ4v) is 3.91. The van der Waals surface area contributed by atoms with Gasteiger partial charge >= 0.3 is 0 Å². The summed E-state index contributed by atoms with van der Waals surface area (Å²) in [7, 11) is 0. The van der Waals surface area contributed by atoms with Gasteiger partial charge in [-0.1, -0.05) is 6.42 Å². The molecule has 1 aromatic rings. The second-order valence-corrected chi connectivity index (χ2v) is 6.44. The maximum absolute atomic E-state index is 8.71. The highest BCUT2D eigenvalue weighted by atomic mass is 32.2. The van der Waals surface area contributed by atoms with Crippen LogP contribution in [0.15, 0.2) is 11.4 Å². The largest absolute Gasteiger partial charge is 0.311 e. The van der Waals surface area contributed by atoms with E-state index in [1.165, 1.54) is 29.9 Å². The normalized spacial score (nSPS) is 20.6. The van der Waals surface area contributed by atoms with E-state index in [1.807, 2.05) is 11.4 Å². The Bertz CT molecular complexity index is 361. The topological polar surface area (TPSA) is 35.8 Å². The van der Waals surface area contributed by atoms with Crippen LogP contribution in [0.25, 0.3) is 0 Å². The number of nitriles is 1. The Morgan fingerprint density at radius 2 is 2.44 bits per heavy atom. The van der Waals surface area contributed by atoms with Crippen LogP contribution in [0.1, 0.15) is 29.7 Å². The molecule has 0 aliphatic carbocycles. The fourth-order valence-electron chi connectivity index (χ4n) is 1.86. The van der Waals surface area contributed by atoms with Crippen molar-refractivity contribution in [3.8, 4) is 6.07 Å². The van der Waals surface area contributed by atoms with Gasteiger partial charge in [0.05, 0.1) is 5.56 Å². The first-order chi connectivity index (χ1) is 7.88. The molecule has 0 spiro atoms. The van der Waals surface area contributed by atoms with Gasteiger partial charge in [-0.3, -0.25) is 0 Å². The van der Waals surface area contributed by atoms with E-state index in [9.17, 15) is 0 Å². The zero-order valence-electron chi connectivity index (χ0n) is 9.24. The van der Waals surface area contributed by atoms with Gasteiger partial charge in [0.25, 0.3) is 0 Å². The van der Waals surface area contributed by atoms with E-state index in [2.05, 4.69) is 23.1 Å². The molecule has 0 amide bonds. The minimum Gasteiger partial charge on any atom is -0.311 e. The molecule has 1 unspecified atom stereocenters. The first-order valence-electron chi connectivity index (χ1n) is 5.68. The smallest absolute Gasteiger partial charge is 0.100 e. The molecule has 1 N–H and O–H groups in total. The summed E-state index contributed by atoms with van der Waals surface area (Å²) in [5, 5.41) is 14.9. The second kappa shape index (κ2) is 6.29. The first kappa shape index (κ1) is 12.0. The summed E-state index contributed by atoms with van der Waals surface area (Å²) >= 11 is 3.77. The number of hydrogen-bond acceptors (Lipinski definition) is 4. The molecule has 16 heavy (non-hydrogen) atoms. The summed E-state index contributed by atoms with van der Waals surface area (Å²) in [6, 6.07) is 4.14. The van der Waals surface area contributed by atoms with Crippen LogP contribution in [0.2, 0.25) is 0 Å². The van der Waals surface area contributed by atoms with E-state index in [1.54, 1.807) is 11.3 Å². The summed E-state index contributed by atoms with van der Waals surface area (Å²) in [5.74, 6) is 1.32. The third kappa shape index (κ3) is 3.51. The Morgan fingerprint density at radius 1 is 1.50 bits per heavy atom. The zero-order valence-corrected chi connectivity index (χ0v) is 10.9. The lowest BCUT2D eigenvalue weighted by molar-refractivity contribution is 0.600. The van der Waals surface area contributed by atoms with Crippen molar-refractivity contribution in [2.75, 3.05) is 12.3 Å². The van der Waals surface area contributed by atoms with Gasteiger partial charge in [0.1, 0.15) is 6.07 Å². The second-order valence-electron chi connectivity index (χ2n) is 4.03. The van der Waals surface area contributed by atoms with Crippen LogP contribution >= 0.6 is 23.1 Å². The summed E-state index contributed by atoms with van der Waals surface area (Å²) in [4.78, 5) is 1.26. The highest BCUT2D eigenvalue weighted by Crippen LogP contribution is 2.24. The molecule has 0 radical (unpaired) electrons. The standard InChI is InChI=1S/C12H16N2S2/c13-6-10-5-12(16-9-10)8-14-7-11-3-1-2-4-15-11/h5,9,11,14H,1-4,7-8H2. The maximum atomic E-state index is 8.71. The van der Waals surface area contributed by atoms with Gasteiger partial charge in [-0.2, -0.15) is 17.0 Å². The molecular weight excluding hydrogens is 236 g/mol. The maximum Gasteiger partial charge on any atom is 0.100 e. The van der Waals surface area contributed by atoms with Crippen molar-refractivity contribution in [2.24, 2.45) is 0 Å². The monoisotopic (exact) mass is 252 g/mol. The lowest BCUT2D eigenvalue weighted by atomic mass is 10.2. The molecule has 1 aromatic heterocycles. The van der Waals surface area contributed by atoms with E-state index < -0.39 is 0 Å². The summed E-state index contributed by atoms with van der Waals surface area (Å²) in [6.45, 7) is 2.01. The van der Waals surface area contributed by atoms with E-state index in [-0.39, 0.29) is 0 Å². The van der Waals surface area contributed by atoms with Crippen LogP contribution in [0.3, 0.4) is 0 Å². The predicted molar refractivity (Wildman–Crippen MR) is 70.8 cm³/mol. The van der Waals surface area contributed by atoms with Crippen LogP contribution in [0.4, 0.5) is 0 Å². The van der Waals surface area contributed by atoms with Crippen molar-refractivity contribution in [2.45, 2.75) is 31.1 Å². The number of thioether (sulfide) groups is 1. The molecule has 1 aliphatic heterocycles. The van der Waals surface area contributed by atoms with Crippen LogP contribution in [0.5, 0.6) is 0 Å². The molecule has 2 nitrogen and oxygen atoms in total. The first-order valence-corrected chi connectivity index (χ1v) is 7.61. The van der Waals surface area contributed by atoms with Gasteiger partial charge in [-0.25, -0.2) is 0 Å². The zero-order chi connectivity index (χ0) is 11.2. The molecule has 2 rings (SSSR count). The molecule has 0 aromatic carbocycles. The molecule has 1 fully saturated rings. The third-order valence-electron chi connectivity index (χ3n) is 2.73. The van der Waals surface area contributed by atoms with Crippen molar-refractivity contribution in [1.29, 1.82) is 5.26 Å². The number of thiophene rings is 1. The lowest BCUT2D eigenvalue weighted by Gasteiger charge is -2.21. The molecule has 0 bridgehead atoms. The SMILES string of the molecule is N#Cc1csc(CNCC2CCCCS2)c1.